The quantitative estimate of drug-likeness (QED) is 0.622. The highest BCUT2D eigenvalue weighted by Crippen LogP contribution is 2.59. The largest absolute Gasteiger partial charge is 0.465 e. The van der Waals surface area contributed by atoms with Gasteiger partial charge in [0.2, 0.25) is 0 Å². The van der Waals surface area contributed by atoms with Gasteiger partial charge in [-0.05, 0) is 29.0 Å². The number of hydrogen-bond donors (Lipinski definition) is 0. The van der Waals surface area contributed by atoms with Gasteiger partial charge in [0, 0.05) is 11.8 Å². The van der Waals surface area contributed by atoms with Crippen molar-refractivity contribution in [3.63, 3.8) is 0 Å². The summed E-state index contributed by atoms with van der Waals surface area (Å²) in [5.41, 5.74) is 2.72. The molecule has 1 aromatic rings. The van der Waals surface area contributed by atoms with Crippen LogP contribution in [0.4, 0.5) is 0 Å². The molecule has 0 fully saturated rings. The zero-order chi connectivity index (χ0) is 15.4. The second kappa shape index (κ2) is 4.57. The molecule has 0 heterocycles. The molecule has 4 heteroatoms. The number of allylic oxidation sites excluding steroid dienone is 4. The van der Waals surface area contributed by atoms with Gasteiger partial charge in [0.25, 0.3) is 0 Å². The fourth-order valence-corrected chi connectivity index (χ4v) is 4.26. The summed E-state index contributed by atoms with van der Waals surface area (Å²) in [5.74, 6) is 0.363. The Morgan fingerprint density at radius 2 is 1.59 bits per heavy atom. The molecule has 4 nitrogen and oxygen atoms in total. The lowest BCUT2D eigenvalue weighted by molar-refractivity contribution is 0.0554. The Labute approximate surface area is 128 Å². The summed E-state index contributed by atoms with van der Waals surface area (Å²) in [5, 5.41) is 0. The molecule has 3 aliphatic carbocycles. The van der Waals surface area contributed by atoms with Gasteiger partial charge in [0.15, 0.2) is 0 Å². The van der Waals surface area contributed by atoms with Gasteiger partial charge in [-0.15, -0.1) is 0 Å². The molecule has 0 radical (unpaired) electrons. The van der Waals surface area contributed by atoms with Gasteiger partial charge < -0.3 is 9.47 Å². The minimum Gasteiger partial charge on any atom is -0.465 e. The van der Waals surface area contributed by atoms with Crippen molar-refractivity contribution in [2.24, 2.45) is 11.8 Å². The van der Waals surface area contributed by atoms with Crippen LogP contribution in [0.3, 0.4) is 0 Å². The molecule has 0 amide bonds. The first-order valence-corrected chi connectivity index (χ1v) is 7.37. The minimum atomic E-state index is -0.505. The molecule has 0 saturated carbocycles. The normalized spacial score (nSPS) is 29.4. The van der Waals surface area contributed by atoms with Crippen molar-refractivity contribution in [2.45, 2.75) is 11.8 Å². The van der Waals surface area contributed by atoms with Crippen molar-refractivity contribution in [1.82, 2.24) is 0 Å². The summed E-state index contributed by atoms with van der Waals surface area (Å²) < 4.78 is 9.76. The maximum Gasteiger partial charge on any atom is 0.339 e. The molecule has 0 aliphatic heterocycles. The first-order chi connectivity index (χ1) is 10.7. The van der Waals surface area contributed by atoms with Crippen LogP contribution in [-0.4, -0.2) is 26.2 Å². The van der Waals surface area contributed by atoms with E-state index < -0.39 is 11.9 Å². The highest BCUT2D eigenvalue weighted by Gasteiger charge is 2.49. The van der Waals surface area contributed by atoms with E-state index in [1.165, 1.54) is 14.2 Å². The average molecular weight is 296 g/mol. The molecule has 0 saturated heterocycles. The Hall–Kier alpha value is -2.36. The number of carbonyl (C=O) groups is 2. The summed E-state index contributed by atoms with van der Waals surface area (Å²) in [6.45, 7) is 0. The fraction of sp³-hybridized carbons (Fsp3) is 0.333. The molecule has 0 unspecified atom stereocenters. The zero-order valence-corrected chi connectivity index (χ0v) is 12.4. The SMILES string of the molecule is COC(=O)c1ccc2c(c1C(=O)OC)[C@@H]1C=C[C@@H]3C=C[C@H]2[C@H]31. The number of fused-ring (bicyclic) bond motifs is 3. The Morgan fingerprint density at radius 1 is 0.909 bits per heavy atom. The summed E-state index contributed by atoms with van der Waals surface area (Å²) >= 11 is 0. The van der Waals surface area contributed by atoms with E-state index in [9.17, 15) is 9.59 Å². The number of methoxy groups -OCH3 is 2. The molecule has 3 aliphatic rings. The number of benzene rings is 1. The van der Waals surface area contributed by atoms with Crippen molar-refractivity contribution < 1.29 is 19.1 Å². The molecular formula is C18H16O4. The van der Waals surface area contributed by atoms with E-state index >= 15 is 0 Å². The molecule has 0 N–H and O–H groups in total. The second-order valence-electron chi connectivity index (χ2n) is 5.95. The van der Waals surface area contributed by atoms with Crippen molar-refractivity contribution in [1.29, 1.82) is 0 Å². The molecule has 0 bridgehead atoms. The highest BCUT2D eigenvalue weighted by molar-refractivity contribution is 6.05. The third-order valence-electron chi connectivity index (χ3n) is 5.12. The van der Waals surface area contributed by atoms with Crippen molar-refractivity contribution in [2.75, 3.05) is 14.2 Å². The number of hydrogen-bond acceptors (Lipinski definition) is 4. The molecule has 22 heavy (non-hydrogen) atoms. The first kappa shape index (κ1) is 13.3. The lowest BCUT2D eigenvalue weighted by atomic mass is 9.87. The van der Waals surface area contributed by atoms with E-state index in [2.05, 4.69) is 24.3 Å². The van der Waals surface area contributed by atoms with Gasteiger partial charge in [-0.2, -0.15) is 0 Å². The first-order valence-electron chi connectivity index (χ1n) is 7.37. The van der Waals surface area contributed by atoms with Gasteiger partial charge in [-0.3, -0.25) is 0 Å². The van der Waals surface area contributed by atoms with Crippen molar-refractivity contribution in [3.8, 4) is 0 Å². The predicted molar refractivity (Wildman–Crippen MR) is 79.9 cm³/mol. The molecule has 4 rings (SSSR count). The van der Waals surface area contributed by atoms with Crippen LogP contribution in [0.15, 0.2) is 36.4 Å². The predicted octanol–water partition coefficient (Wildman–Crippen LogP) is 2.81. The lowest BCUT2D eigenvalue weighted by Gasteiger charge is -2.16. The maximum absolute atomic E-state index is 12.3. The molecule has 0 aromatic heterocycles. The van der Waals surface area contributed by atoms with E-state index in [-0.39, 0.29) is 11.5 Å². The fourth-order valence-electron chi connectivity index (χ4n) is 4.26. The standard InChI is InChI=1S/C18H16O4/c1-21-17(19)13-8-7-11-10-5-3-9-4-6-12(14(9)10)15(11)16(13)18(20)22-2/h3-10,12,14H,1-2H3/t9-,10+,12+,14-/m0/s1. The topological polar surface area (TPSA) is 52.6 Å². The van der Waals surface area contributed by atoms with Crippen LogP contribution in [0.25, 0.3) is 0 Å². The van der Waals surface area contributed by atoms with Gasteiger partial charge in [-0.25, -0.2) is 9.59 Å². The van der Waals surface area contributed by atoms with Gasteiger partial charge in [0.05, 0.1) is 25.3 Å². The third-order valence-corrected chi connectivity index (χ3v) is 5.12. The van der Waals surface area contributed by atoms with Crippen LogP contribution < -0.4 is 0 Å². The number of carbonyl (C=O) groups excluding carboxylic acids is 2. The van der Waals surface area contributed by atoms with Crippen molar-refractivity contribution >= 4 is 11.9 Å². The Bertz CT molecular complexity index is 744. The zero-order valence-electron chi connectivity index (χ0n) is 12.4. The summed E-state index contributed by atoms with van der Waals surface area (Å²) in [7, 11) is 2.66. The Balaban J connectivity index is 1.97. The van der Waals surface area contributed by atoms with E-state index in [4.69, 9.17) is 9.47 Å². The van der Waals surface area contributed by atoms with E-state index in [0.29, 0.717) is 23.3 Å². The maximum atomic E-state index is 12.3. The third kappa shape index (κ3) is 1.52. The summed E-state index contributed by atoms with van der Waals surface area (Å²) in [6.07, 6.45) is 8.81. The Kier molecular flexibility index (Phi) is 2.76. The number of rotatable bonds is 2. The van der Waals surface area contributed by atoms with Crippen LogP contribution in [-0.2, 0) is 9.47 Å². The molecule has 1 aromatic carbocycles. The second-order valence-corrected chi connectivity index (χ2v) is 5.95. The van der Waals surface area contributed by atoms with Crippen LogP contribution in [0.5, 0.6) is 0 Å². The van der Waals surface area contributed by atoms with E-state index in [1.54, 1.807) is 6.07 Å². The number of ether oxygens (including phenoxy) is 2. The number of esters is 2. The summed E-state index contributed by atoms with van der Waals surface area (Å²) in [6, 6.07) is 3.64. The monoisotopic (exact) mass is 296 g/mol. The van der Waals surface area contributed by atoms with Crippen LogP contribution in [0.1, 0.15) is 43.7 Å². The summed E-state index contributed by atoms with van der Waals surface area (Å²) in [4.78, 5) is 24.4. The molecule has 112 valence electrons. The molecule has 0 spiro atoms. The van der Waals surface area contributed by atoms with Crippen LogP contribution in [0.2, 0.25) is 0 Å². The Morgan fingerprint density at radius 3 is 2.27 bits per heavy atom. The molecular weight excluding hydrogens is 280 g/mol. The molecule has 4 atom stereocenters. The highest BCUT2D eigenvalue weighted by atomic mass is 16.5. The van der Waals surface area contributed by atoms with Gasteiger partial charge in [0.1, 0.15) is 0 Å². The van der Waals surface area contributed by atoms with Gasteiger partial charge in [-0.1, -0.05) is 30.4 Å². The van der Waals surface area contributed by atoms with E-state index in [1.807, 2.05) is 6.07 Å². The van der Waals surface area contributed by atoms with E-state index in [0.717, 1.165) is 11.1 Å². The lowest BCUT2D eigenvalue weighted by Crippen LogP contribution is -2.16. The smallest absolute Gasteiger partial charge is 0.339 e. The van der Waals surface area contributed by atoms with Crippen LogP contribution in [0, 0.1) is 11.8 Å². The van der Waals surface area contributed by atoms with Crippen molar-refractivity contribution in [3.05, 3.63) is 58.7 Å². The van der Waals surface area contributed by atoms with Gasteiger partial charge >= 0.3 is 11.9 Å². The van der Waals surface area contributed by atoms with Crippen LogP contribution >= 0.6 is 0 Å². The average Bonchev–Trinajstić information content (AvgIpc) is 3.21. The minimum absolute atomic E-state index is 0.165.